The first kappa shape index (κ1) is 19.3. The Morgan fingerprint density at radius 2 is 1.88 bits per heavy atom. The lowest BCUT2D eigenvalue weighted by Gasteiger charge is -2.14. The summed E-state index contributed by atoms with van der Waals surface area (Å²) >= 11 is 0. The van der Waals surface area contributed by atoms with Crippen molar-refractivity contribution in [3.8, 4) is 0 Å². The van der Waals surface area contributed by atoms with Crippen molar-refractivity contribution in [2.45, 2.75) is 19.3 Å². The smallest absolute Gasteiger partial charge is 0.351 e. The maximum atomic E-state index is 12.1. The highest BCUT2D eigenvalue weighted by molar-refractivity contribution is 6.26. The van der Waals surface area contributed by atoms with Gasteiger partial charge in [0.05, 0.1) is 25.3 Å². The number of benzene rings is 1. The monoisotopic (exact) mass is 359 g/mol. The molecule has 0 saturated carbocycles. The molecule has 2 aromatic rings. The van der Waals surface area contributed by atoms with E-state index in [1.54, 1.807) is 0 Å². The molecular weight excluding hydrogens is 338 g/mol. The van der Waals surface area contributed by atoms with Gasteiger partial charge in [-0.25, -0.2) is 4.79 Å². The SMILES string of the molecule is C[NH+](C)CC(=O)Nc1c2c(nc3ccccc13)CCC2.O=C([O-])C(=O)O. The van der Waals surface area contributed by atoms with E-state index in [1.807, 2.05) is 38.4 Å². The summed E-state index contributed by atoms with van der Waals surface area (Å²) in [6.45, 7) is 0.478. The summed E-state index contributed by atoms with van der Waals surface area (Å²) in [7, 11) is 3.96. The van der Waals surface area contributed by atoms with E-state index in [4.69, 9.17) is 24.8 Å². The number of hydrogen-bond donors (Lipinski definition) is 3. The molecule has 0 spiro atoms. The highest BCUT2D eigenvalue weighted by Crippen LogP contribution is 2.33. The van der Waals surface area contributed by atoms with Gasteiger partial charge in [0.2, 0.25) is 0 Å². The predicted molar refractivity (Wildman–Crippen MR) is 92.7 cm³/mol. The first-order chi connectivity index (χ1) is 12.3. The minimum absolute atomic E-state index is 0.0652. The van der Waals surface area contributed by atoms with Gasteiger partial charge in [-0.2, -0.15) is 0 Å². The number of carboxylic acid groups (broad SMARTS) is 2. The number of carbonyl (C=O) groups excluding carboxylic acids is 2. The van der Waals surface area contributed by atoms with Crippen LogP contribution in [0.25, 0.3) is 10.9 Å². The van der Waals surface area contributed by atoms with Crippen molar-refractivity contribution in [3.63, 3.8) is 0 Å². The zero-order valence-corrected chi connectivity index (χ0v) is 14.7. The van der Waals surface area contributed by atoms with Crippen molar-refractivity contribution in [2.75, 3.05) is 26.0 Å². The number of likely N-dealkylation sites (N-methyl/N-ethyl adjacent to an activating group) is 1. The molecule has 1 aromatic carbocycles. The van der Waals surface area contributed by atoms with Crippen LogP contribution in [0.4, 0.5) is 5.69 Å². The third-order valence-electron chi connectivity index (χ3n) is 3.87. The van der Waals surface area contributed by atoms with Crippen LogP contribution in [0.3, 0.4) is 0 Å². The molecule has 0 bridgehead atoms. The highest BCUT2D eigenvalue weighted by atomic mass is 16.4. The molecular formula is C18H21N3O5. The number of aromatic nitrogens is 1. The average molecular weight is 359 g/mol. The second-order valence-corrected chi connectivity index (χ2v) is 6.31. The number of pyridine rings is 1. The summed E-state index contributed by atoms with van der Waals surface area (Å²) < 4.78 is 0. The van der Waals surface area contributed by atoms with Crippen LogP contribution in [0.1, 0.15) is 17.7 Å². The lowest BCUT2D eigenvalue weighted by Crippen LogP contribution is -3.06. The van der Waals surface area contributed by atoms with E-state index in [1.165, 1.54) is 5.56 Å². The Bertz CT molecular complexity index is 836. The van der Waals surface area contributed by atoms with E-state index in [0.29, 0.717) is 6.54 Å². The van der Waals surface area contributed by atoms with E-state index in [0.717, 1.165) is 46.4 Å². The quantitative estimate of drug-likeness (QED) is 0.581. The molecule has 1 amide bonds. The Balaban J connectivity index is 0.000000352. The van der Waals surface area contributed by atoms with E-state index in [9.17, 15) is 4.79 Å². The number of nitrogens with zero attached hydrogens (tertiary/aromatic N) is 1. The number of quaternary nitrogens is 1. The van der Waals surface area contributed by atoms with Gasteiger partial charge < -0.3 is 25.2 Å². The minimum atomic E-state index is -2.07. The molecule has 0 radical (unpaired) electrons. The number of aliphatic carboxylic acids is 2. The second kappa shape index (κ2) is 8.39. The number of carbonyl (C=O) groups is 3. The number of nitrogens with one attached hydrogen (secondary N) is 2. The van der Waals surface area contributed by atoms with Gasteiger partial charge in [0, 0.05) is 11.1 Å². The molecule has 3 N–H and O–H groups in total. The van der Waals surface area contributed by atoms with Crippen LogP contribution in [0.2, 0.25) is 0 Å². The van der Waals surface area contributed by atoms with Crippen LogP contribution in [0.5, 0.6) is 0 Å². The standard InChI is InChI=1S/C16H19N3O.C2H2O4/c1-19(2)10-15(20)18-16-11-6-3-4-8-13(11)17-14-9-5-7-12(14)16;3-1(4)2(5)6/h3-4,6,8H,5,7,9-10H2,1-2H3,(H,17,18,20);(H,3,4)(H,5,6). The van der Waals surface area contributed by atoms with Crippen LogP contribution in [0, 0.1) is 0 Å². The fourth-order valence-electron chi connectivity index (χ4n) is 2.86. The molecule has 0 aliphatic heterocycles. The van der Waals surface area contributed by atoms with Gasteiger partial charge in [0.1, 0.15) is 0 Å². The number of para-hydroxylation sites is 1. The topological polar surface area (TPSA) is 124 Å². The van der Waals surface area contributed by atoms with Gasteiger partial charge in [0.25, 0.3) is 5.91 Å². The number of carboxylic acids is 2. The number of amides is 1. The lowest BCUT2D eigenvalue weighted by atomic mass is 10.1. The highest BCUT2D eigenvalue weighted by Gasteiger charge is 2.21. The maximum absolute atomic E-state index is 12.1. The van der Waals surface area contributed by atoms with Crippen LogP contribution in [-0.4, -0.2) is 48.6 Å². The first-order valence-corrected chi connectivity index (χ1v) is 8.23. The van der Waals surface area contributed by atoms with Gasteiger partial charge in [-0.1, -0.05) is 18.2 Å². The summed E-state index contributed by atoms with van der Waals surface area (Å²) in [4.78, 5) is 36.0. The van der Waals surface area contributed by atoms with E-state index in [2.05, 4.69) is 5.32 Å². The van der Waals surface area contributed by atoms with E-state index >= 15 is 0 Å². The third kappa shape index (κ3) is 4.76. The maximum Gasteiger partial charge on any atom is 0.351 e. The van der Waals surface area contributed by atoms with Crippen molar-refractivity contribution < 1.29 is 29.5 Å². The molecule has 1 aromatic heterocycles. The zero-order chi connectivity index (χ0) is 19.3. The van der Waals surface area contributed by atoms with Crippen LogP contribution in [0.15, 0.2) is 24.3 Å². The molecule has 26 heavy (non-hydrogen) atoms. The molecule has 8 nitrogen and oxygen atoms in total. The normalized spacial score (nSPS) is 12.3. The molecule has 1 heterocycles. The molecule has 1 aliphatic rings. The van der Waals surface area contributed by atoms with Gasteiger partial charge in [0.15, 0.2) is 12.5 Å². The summed E-state index contributed by atoms with van der Waals surface area (Å²) in [5.41, 5.74) is 4.33. The molecule has 0 saturated heterocycles. The van der Waals surface area contributed by atoms with Crippen molar-refractivity contribution >= 4 is 34.4 Å². The minimum Gasteiger partial charge on any atom is -0.539 e. The van der Waals surface area contributed by atoms with Crippen molar-refractivity contribution in [1.82, 2.24) is 4.98 Å². The largest absolute Gasteiger partial charge is 0.539 e. The molecule has 138 valence electrons. The van der Waals surface area contributed by atoms with E-state index < -0.39 is 11.9 Å². The van der Waals surface area contributed by atoms with Gasteiger partial charge in [-0.15, -0.1) is 0 Å². The van der Waals surface area contributed by atoms with Crippen molar-refractivity contribution in [1.29, 1.82) is 0 Å². The molecule has 1 aliphatic carbocycles. The number of hydrogen-bond acceptors (Lipinski definition) is 5. The molecule has 3 rings (SSSR count). The summed E-state index contributed by atoms with van der Waals surface area (Å²) in [6, 6.07) is 8.05. The fourth-order valence-corrected chi connectivity index (χ4v) is 2.86. The van der Waals surface area contributed by atoms with Crippen LogP contribution in [-0.2, 0) is 27.2 Å². The van der Waals surface area contributed by atoms with Gasteiger partial charge in [-0.05, 0) is 30.9 Å². The summed E-state index contributed by atoms with van der Waals surface area (Å²) in [5.74, 6) is -3.94. The fraction of sp³-hybridized carbons (Fsp3) is 0.333. The number of anilines is 1. The predicted octanol–water partition coefficient (Wildman–Crippen LogP) is -1.37. The summed E-state index contributed by atoms with van der Waals surface area (Å²) in [5, 5.41) is 20.5. The summed E-state index contributed by atoms with van der Waals surface area (Å²) in [6.07, 6.45) is 3.15. The second-order valence-electron chi connectivity index (χ2n) is 6.31. The molecule has 0 fully saturated rings. The number of rotatable bonds is 3. The average Bonchev–Trinajstić information content (AvgIpc) is 3.02. The Kier molecular flexibility index (Phi) is 6.24. The van der Waals surface area contributed by atoms with Gasteiger partial charge in [-0.3, -0.25) is 9.78 Å². The Labute approximate surface area is 150 Å². The Morgan fingerprint density at radius 3 is 2.50 bits per heavy atom. The van der Waals surface area contributed by atoms with Crippen LogP contribution < -0.4 is 15.3 Å². The van der Waals surface area contributed by atoms with Crippen molar-refractivity contribution in [3.05, 3.63) is 35.5 Å². The molecule has 0 unspecified atom stereocenters. The Hall–Kier alpha value is -3.00. The van der Waals surface area contributed by atoms with Crippen molar-refractivity contribution in [2.24, 2.45) is 0 Å². The molecule has 0 atom stereocenters. The number of fused-ring (bicyclic) bond motifs is 2. The lowest BCUT2D eigenvalue weighted by molar-refractivity contribution is -0.849. The molecule has 8 heteroatoms. The zero-order valence-electron chi connectivity index (χ0n) is 14.7. The first-order valence-electron chi connectivity index (χ1n) is 8.23. The Morgan fingerprint density at radius 1 is 1.23 bits per heavy atom. The van der Waals surface area contributed by atoms with Gasteiger partial charge >= 0.3 is 5.97 Å². The number of aryl methyl sites for hydroxylation is 1. The van der Waals surface area contributed by atoms with E-state index in [-0.39, 0.29) is 5.91 Å². The third-order valence-corrected chi connectivity index (χ3v) is 3.87. The van der Waals surface area contributed by atoms with Crippen LogP contribution >= 0.6 is 0 Å².